The van der Waals surface area contributed by atoms with Crippen molar-refractivity contribution in [3.05, 3.63) is 65.2 Å². The van der Waals surface area contributed by atoms with Crippen molar-refractivity contribution in [1.29, 1.82) is 0 Å². The van der Waals surface area contributed by atoms with Crippen LogP contribution in [0.4, 0.5) is 0 Å². The van der Waals surface area contributed by atoms with Crippen molar-refractivity contribution in [2.45, 2.75) is 18.0 Å². The molecule has 0 aliphatic heterocycles. The van der Waals surface area contributed by atoms with Gasteiger partial charge >= 0.3 is 0 Å². The molecule has 2 aromatic rings. The smallest absolute Gasteiger partial charge is 0.253 e. The number of nitrogens with one attached hydrogen (secondary N) is 2. The van der Waals surface area contributed by atoms with Crippen molar-refractivity contribution >= 4 is 23.6 Å². The number of carbonyl (C=O) groups is 1. The fourth-order valence-corrected chi connectivity index (χ4v) is 2.77. The highest BCUT2D eigenvalue weighted by atomic mass is 32.2. The van der Waals surface area contributed by atoms with Crippen molar-refractivity contribution in [2.75, 3.05) is 27.4 Å². The van der Waals surface area contributed by atoms with Crippen LogP contribution in [0.25, 0.3) is 0 Å². The number of nitrogens with zero attached hydrogens (tertiary/aromatic N) is 2. The van der Waals surface area contributed by atoms with Crippen LogP contribution in [0.3, 0.4) is 0 Å². The van der Waals surface area contributed by atoms with Gasteiger partial charge in [0.1, 0.15) is 0 Å². The number of carbonyl (C=O) groups excluding carboxylic acids is 1. The molecule has 0 aliphatic carbocycles. The first-order valence-corrected chi connectivity index (χ1v) is 9.64. The van der Waals surface area contributed by atoms with E-state index in [2.05, 4.69) is 46.1 Å². The normalized spacial score (nSPS) is 11.2. The molecule has 0 aliphatic rings. The van der Waals surface area contributed by atoms with Crippen LogP contribution in [0.2, 0.25) is 0 Å². The summed E-state index contributed by atoms with van der Waals surface area (Å²) in [5.41, 5.74) is 2.99. The van der Waals surface area contributed by atoms with E-state index >= 15 is 0 Å². The van der Waals surface area contributed by atoms with Crippen molar-refractivity contribution in [3.8, 4) is 0 Å². The second-order valence-electron chi connectivity index (χ2n) is 6.02. The van der Waals surface area contributed by atoms with Gasteiger partial charge in [-0.1, -0.05) is 24.3 Å². The molecule has 2 rings (SSSR count). The maximum absolute atomic E-state index is 11.9. The van der Waals surface area contributed by atoms with Crippen molar-refractivity contribution in [2.24, 2.45) is 4.99 Å². The van der Waals surface area contributed by atoms with E-state index in [1.807, 2.05) is 24.3 Å². The quantitative estimate of drug-likeness (QED) is 0.466. The Morgan fingerprint density at radius 1 is 0.962 bits per heavy atom. The number of hydrogen-bond acceptors (Lipinski definition) is 3. The van der Waals surface area contributed by atoms with Gasteiger partial charge in [0.2, 0.25) is 0 Å². The van der Waals surface area contributed by atoms with Gasteiger partial charge in [-0.05, 0) is 41.6 Å². The number of thioether (sulfide) groups is 1. The molecule has 0 saturated carbocycles. The highest BCUT2D eigenvalue weighted by molar-refractivity contribution is 7.98. The molecule has 0 aromatic heterocycles. The minimum absolute atomic E-state index is 0.00878. The molecule has 138 valence electrons. The molecule has 1 amide bonds. The molecule has 2 aromatic carbocycles. The third-order valence-corrected chi connectivity index (χ3v) is 4.65. The maximum atomic E-state index is 11.9. The van der Waals surface area contributed by atoms with Gasteiger partial charge in [0.25, 0.3) is 5.91 Å². The van der Waals surface area contributed by atoms with Crippen LogP contribution in [0.1, 0.15) is 21.5 Å². The summed E-state index contributed by atoms with van der Waals surface area (Å²) in [5.74, 6) is 0.752. The molecule has 0 spiro atoms. The summed E-state index contributed by atoms with van der Waals surface area (Å²) in [7, 11) is 5.26. The zero-order valence-electron chi connectivity index (χ0n) is 15.7. The van der Waals surface area contributed by atoms with Gasteiger partial charge in [-0.15, -0.1) is 11.8 Å². The van der Waals surface area contributed by atoms with Gasteiger partial charge < -0.3 is 15.5 Å². The Morgan fingerprint density at radius 3 is 1.88 bits per heavy atom. The molecule has 0 saturated heterocycles. The Balaban J connectivity index is 1.85. The van der Waals surface area contributed by atoms with Crippen LogP contribution in [-0.4, -0.2) is 44.2 Å². The molecule has 26 heavy (non-hydrogen) atoms. The van der Waals surface area contributed by atoms with Gasteiger partial charge in [-0.25, -0.2) is 0 Å². The Hall–Kier alpha value is -2.47. The highest BCUT2D eigenvalue weighted by Gasteiger charge is 2.07. The average Bonchev–Trinajstić information content (AvgIpc) is 2.68. The van der Waals surface area contributed by atoms with Gasteiger partial charge in [0.05, 0.1) is 0 Å². The zero-order valence-corrected chi connectivity index (χ0v) is 16.6. The summed E-state index contributed by atoms with van der Waals surface area (Å²) in [6.07, 6.45) is 2.07. The maximum Gasteiger partial charge on any atom is 0.253 e. The summed E-state index contributed by atoms with van der Waals surface area (Å²) >= 11 is 1.74. The Morgan fingerprint density at radius 2 is 1.46 bits per heavy atom. The predicted octanol–water partition coefficient (Wildman–Crippen LogP) is 2.98. The van der Waals surface area contributed by atoms with E-state index < -0.39 is 0 Å². The second-order valence-corrected chi connectivity index (χ2v) is 6.90. The van der Waals surface area contributed by atoms with Crippen LogP contribution in [0.5, 0.6) is 0 Å². The van der Waals surface area contributed by atoms with E-state index in [9.17, 15) is 4.79 Å². The first-order chi connectivity index (χ1) is 12.5. The molecule has 0 radical (unpaired) electrons. The van der Waals surface area contributed by atoms with Gasteiger partial charge in [0.15, 0.2) is 5.96 Å². The van der Waals surface area contributed by atoms with E-state index in [1.165, 1.54) is 10.5 Å². The third kappa shape index (κ3) is 5.81. The first-order valence-electron chi connectivity index (χ1n) is 8.41. The third-order valence-electron chi connectivity index (χ3n) is 3.91. The summed E-state index contributed by atoms with van der Waals surface area (Å²) < 4.78 is 0. The number of hydrogen-bond donors (Lipinski definition) is 2. The van der Waals surface area contributed by atoms with Crippen LogP contribution in [0.15, 0.2) is 58.4 Å². The molecule has 0 heterocycles. The molecular weight excluding hydrogens is 344 g/mol. The van der Waals surface area contributed by atoms with E-state index in [4.69, 9.17) is 0 Å². The van der Waals surface area contributed by atoms with Crippen molar-refractivity contribution in [3.63, 3.8) is 0 Å². The molecule has 0 fully saturated rings. The number of guanidine groups is 1. The van der Waals surface area contributed by atoms with Crippen LogP contribution in [-0.2, 0) is 13.1 Å². The number of aliphatic imine (C=N–C) groups is 1. The summed E-state index contributed by atoms with van der Waals surface area (Å²) in [4.78, 5) is 19.0. The Bertz CT molecular complexity index is 739. The average molecular weight is 371 g/mol. The lowest BCUT2D eigenvalue weighted by atomic mass is 10.1. The molecule has 0 atom stereocenters. The van der Waals surface area contributed by atoms with E-state index in [-0.39, 0.29) is 5.91 Å². The van der Waals surface area contributed by atoms with E-state index in [0.717, 1.165) is 11.5 Å². The Kier molecular flexibility index (Phi) is 7.53. The lowest BCUT2D eigenvalue weighted by Gasteiger charge is -2.13. The molecule has 6 heteroatoms. The summed E-state index contributed by atoms with van der Waals surface area (Å²) in [6, 6.07) is 16.1. The lowest BCUT2D eigenvalue weighted by Crippen LogP contribution is -2.36. The zero-order chi connectivity index (χ0) is 18.9. The van der Waals surface area contributed by atoms with E-state index in [1.54, 1.807) is 37.8 Å². The Labute approximate surface area is 159 Å². The van der Waals surface area contributed by atoms with Crippen LogP contribution in [0, 0.1) is 0 Å². The SMILES string of the molecule is CN=C(NCc1ccc(SC)cc1)NCc1ccc(C(=O)N(C)C)cc1. The van der Waals surface area contributed by atoms with Gasteiger partial charge in [0, 0.05) is 44.7 Å². The predicted molar refractivity (Wildman–Crippen MR) is 110 cm³/mol. The topological polar surface area (TPSA) is 56.7 Å². The number of rotatable bonds is 6. The fraction of sp³-hybridized carbons (Fsp3) is 0.300. The monoisotopic (exact) mass is 370 g/mol. The molecule has 5 nitrogen and oxygen atoms in total. The minimum atomic E-state index is 0.00878. The van der Waals surface area contributed by atoms with Crippen molar-refractivity contribution < 1.29 is 4.79 Å². The largest absolute Gasteiger partial charge is 0.352 e. The summed E-state index contributed by atoms with van der Waals surface area (Å²) in [6.45, 7) is 1.35. The van der Waals surface area contributed by atoms with Gasteiger partial charge in [-0.3, -0.25) is 9.79 Å². The second kappa shape index (κ2) is 9.87. The first kappa shape index (κ1) is 19.8. The molecule has 0 bridgehead atoms. The van der Waals surface area contributed by atoms with Crippen LogP contribution < -0.4 is 10.6 Å². The molecule has 0 unspecified atom stereocenters. The van der Waals surface area contributed by atoms with E-state index in [0.29, 0.717) is 18.7 Å². The van der Waals surface area contributed by atoms with Crippen LogP contribution >= 0.6 is 11.8 Å². The number of benzene rings is 2. The summed E-state index contributed by atoms with van der Waals surface area (Å²) in [5, 5.41) is 6.60. The highest BCUT2D eigenvalue weighted by Crippen LogP contribution is 2.14. The van der Waals surface area contributed by atoms with Gasteiger partial charge in [-0.2, -0.15) is 0 Å². The minimum Gasteiger partial charge on any atom is -0.352 e. The standard InChI is InChI=1S/C20H26N4OS/c1-21-20(23-14-16-7-11-18(26-4)12-8-16)22-13-15-5-9-17(10-6-15)19(25)24(2)3/h5-12H,13-14H2,1-4H3,(H2,21,22,23). The van der Waals surface area contributed by atoms with Crippen molar-refractivity contribution in [1.82, 2.24) is 15.5 Å². The molecular formula is C20H26N4OS. The lowest BCUT2D eigenvalue weighted by molar-refractivity contribution is 0.0827. The fourth-order valence-electron chi connectivity index (χ4n) is 2.36. The number of amides is 1. The molecule has 2 N–H and O–H groups in total.